The van der Waals surface area contributed by atoms with Crippen molar-refractivity contribution in [1.29, 1.82) is 0 Å². The van der Waals surface area contributed by atoms with Crippen molar-refractivity contribution < 1.29 is 9.53 Å². The van der Waals surface area contributed by atoms with E-state index in [1.165, 1.54) is 25.7 Å². The summed E-state index contributed by atoms with van der Waals surface area (Å²) in [4.78, 5) is 11.3. The zero-order valence-corrected chi connectivity index (χ0v) is 10.4. The number of carbonyl (C=O) groups excluding carboxylic acids is 1. The van der Waals surface area contributed by atoms with Crippen molar-refractivity contribution >= 4 is 17.3 Å². The zero-order valence-electron chi connectivity index (χ0n) is 10.4. The van der Waals surface area contributed by atoms with E-state index in [9.17, 15) is 4.79 Å². The third kappa shape index (κ3) is 2.15. The second-order valence-electron chi connectivity index (χ2n) is 5.23. The molecule has 0 spiro atoms. The van der Waals surface area contributed by atoms with E-state index in [0.29, 0.717) is 23.8 Å². The van der Waals surface area contributed by atoms with Crippen molar-refractivity contribution in [2.75, 3.05) is 17.7 Å². The van der Waals surface area contributed by atoms with Crippen molar-refractivity contribution in [3.63, 3.8) is 0 Å². The van der Waals surface area contributed by atoms with Gasteiger partial charge in [-0.15, -0.1) is 0 Å². The van der Waals surface area contributed by atoms with E-state index in [1.807, 2.05) is 12.1 Å². The molecule has 96 valence electrons. The largest absolute Gasteiger partial charge is 0.491 e. The first-order valence-electron chi connectivity index (χ1n) is 6.57. The highest BCUT2D eigenvalue weighted by Crippen LogP contribution is 2.34. The second kappa shape index (κ2) is 4.52. The van der Waals surface area contributed by atoms with Gasteiger partial charge in [0.15, 0.2) is 0 Å². The van der Waals surface area contributed by atoms with Crippen LogP contribution in [-0.2, 0) is 11.2 Å². The Morgan fingerprint density at radius 3 is 2.89 bits per heavy atom. The number of carbonyl (C=O) groups is 1. The van der Waals surface area contributed by atoms with Crippen LogP contribution in [0, 0.1) is 5.92 Å². The number of nitrogens with two attached hydrogens (primary N) is 1. The predicted octanol–water partition coefficient (Wildman–Crippen LogP) is 2.33. The highest BCUT2D eigenvalue weighted by Gasteiger charge is 2.21. The summed E-state index contributed by atoms with van der Waals surface area (Å²) in [6.45, 7) is 0.733. The molecule has 0 radical (unpaired) electrons. The molecule has 3 rings (SSSR count). The molecule has 2 aliphatic rings. The molecule has 4 nitrogen and oxygen atoms in total. The Kier molecular flexibility index (Phi) is 2.86. The van der Waals surface area contributed by atoms with Crippen LogP contribution in [0.3, 0.4) is 0 Å². The number of rotatable bonds is 3. The van der Waals surface area contributed by atoms with Crippen LogP contribution in [0.2, 0.25) is 0 Å². The van der Waals surface area contributed by atoms with E-state index < -0.39 is 0 Å². The van der Waals surface area contributed by atoms with Gasteiger partial charge in [0.25, 0.3) is 0 Å². The van der Waals surface area contributed by atoms with E-state index in [0.717, 1.165) is 17.9 Å². The minimum atomic E-state index is 0.0253. The van der Waals surface area contributed by atoms with Crippen molar-refractivity contribution in [1.82, 2.24) is 0 Å². The zero-order chi connectivity index (χ0) is 12.5. The lowest BCUT2D eigenvalue weighted by atomic mass is 10.1. The molecule has 1 aromatic rings. The number of benzene rings is 1. The van der Waals surface area contributed by atoms with E-state index in [2.05, 4.69) is 5.32 Å². The van der Waals surface area contributed by atoms with Gasteiger partial charge in [-0.1, -0.05) is 12.8 Å². The van der Waals surface area contributed by atoms with Crippen LogP contribution in [-0.4, -0.2) is 12.5 Å². The SMILES string of the molecule is Nc1cc2c(cc1OCC1CCCC1)NC(=O)C2. The summed E-state index contributed by atoms with van der Waals surface area (Å²) in [5, 5.41) is 2.82. The van der Waals surface area contributed by atoms with E-state index >= 15 is 0 Å². The van der Waals surface area contributed by atoms with Gasteiger partial charge in [-0.3, -0.25) is 4.79 Å². The maximum absolute atomic E-state index is 11.3. The van der Waals surface area contributed by atoms with Crippen LogP contribution in [0.15, 0.2) is 12.1 Å². The fraction of sp³-hybridized carbons (Fsp3) is 0.500. The molecular weight excluding hydrogens is 228 g/mol. The Hall–Kier alpha value is -1.71. The van der Waals surface area contributed by atoms with Crippen LogP contribution in [0.25, 0.3) is 0 Å². The van der Waals surface area contributed by atoms with Gasteiger partial charge in [0.2, 0.25) is 5.91 Å². The summed E-state index contributed by atoms with van der Waals surface area (Å²) in [6, 6.07) is 3.70. The Morgan fingerprint density at radius 2 is 2.11 bits per heavy atom. The molecule has 1 amide bonds. The predicted molar refractivity (Wildman–Crippen MR) is 70.6 cm³/mol. The van der Waals surface area contributed by atoms with E-state index in [4.69, 9.17) is 10.5 Å². The molecule has 1 aromatic carbocycles. The number of anilines is 2. The first kappa shape index (κ1) is 11.4. The Balaban J connectivity index is 1.72. The van der Waals surface area contributed by atoms with Gasteiger partial charge >= 0.3 is 0 Å². The van der Waals surface area contributed by atoms with Gasteiger partial charge in [0, 0.05) is 11.8 Å². The Labute approximate surface area is 107 Å². The summed E-state index contributed by atoms with van der Waals surface area (Å²) < 4.78 is 5.80. The van der Waals surface area contributed by atoms with E-state index in [1.54, 1.807) is 0 Å². The number of hydrogen-bond donors (Lipinski definition) is 2. The van der Waals surface area contributed by atoms with Crippen molar-refractivity contribution in [3.8, 4) is 5.75 Å². The average molecular weight is 246 g/mol. The molecule has 1 aliphatic carbocycles. The molecule has 3 N–H and O–H groups in total. The average Bonchev–Trinajstić information content (AvgIpc) is 2.94. The smallest absolute Gasteiger partial charge is 0.228 e. The van der Waals surface area contributed by atoms with Crippen LogP contribution in [0.1, 0.15) is 31.2 Å². The molecular formula is C14H18N2O2. The Morgan fingerprint density at radius 1 is 1.33 bits per heavy atom. The van der Waals surface area contributed by atoms with Gasteiger partial charge in [-0.2, -0.15) is 0 Å². The molecule has 1 fully saturated rings. The third-order valence-electron chi connectivity index (χ3n) is 3.81. The minimum Gasteiger partial charge on any atom is -0.491 e. The van der Waals surface area contributed by atoms with Crippen LogP contribution in [0.5, 0.6) is 5.75 Å². The van der Waals surface area contributed by atoms with Gasteiger partial charge in [0.1, 0.15) is 5.75 Å². The monoisotopic (exact) mass is 246 g/mol. The molecule has 0 bridgehead atoms. The fourth-order valence-electron chi connectivity index (χ4n) is 2.78. The molecule has 0 atom stereocenters. The van der Waals surface area contributed by atoms with Gasteiger partial charge in [-0.05, 0) is 30.4 Å². The summed E-state index contributed by atoms with van der Waals surface area (Å²) in [5.41, 5.74) is 8.39. The standard InChI is InChI=1S/C14H18N2O2/c15-11-5-10-6-14(17)16-12(10)7-13(11)18-8-9-3-1-2-4-9/h5,7,9H,1-4,6,8,15H2,(H,16,17). The molecule has 18 heavy (non-hydrogen) atoms. The van der Waals surface area contributed by atoms with Gasteiger partial charge in [0.05, 0.1) is 18.7 Å². The lowest BCUT2D eigenvalue weighted by Gasteiger charge is -2.14. The minimum absolute atomic E-state index is 0.0253. The molecule has 1 saturated carbocycles. The number of nitrogens with one attached hydrogen (secondary N) is 1. The maximum Gasteiger partial charge on any atom is 0.228 e. The first-order chi connectivity index (χ1) is 8.72. The first-order valence-corrected chi connectivity index (χ1v) is 6.57. The van der Waals surface area contributed by atoms with Crippen LogP contribution < -0.4 is 15.8 Å². The lowest BCUT2D eigenvalue weighted by Crippen LogP contribution is -2.09. The van der Waals surface area contributed by atoms with Crippen LogP contribution >= 0.6 is 0 Å². The molecule has 0 unspecified atom stereocenters. The topological polar surface area (TPSA) is 64.3 Å². The van der Waals surface area contributed by atoms with Crippen molar-refractivity contribution in [2.24, 2.45) is 5.92 Å². The van der Waals surface area contributed by atoms with Crippen molar-refractivity contribution in [3.05, 3.63) is 17.7 Å². The summed E-state index contributed by atoms with van der Waals surface area (Å²) in [6.07, 6.45) is 5.54. The number of ether oxygens (including phenoxy) is 1. The summed E-state index contributed by atoms with van der Waals surface area (Å²) in [5.74, 6) is 1.38. The second-order valence-corrected chi connectivity index (χ2v) is 5.23. The Bertz CT molecular complexity index is 479. The van der Waals surface area contributed by atoms with Gasteiger partial charge < -0.3 is 15.8 Å². The highest BCUT2D eigenvalue weighted by atomic mass is 16.5. The lowest BCUT2D eigenvalue weighted by molar-refractivity contribution is -0.115. The number of fused-ring (bicyclic) bond motifs is 1. The molecule has 0 aromatic heterocycles. The molecule has 4 heteroatoms. The van der Waals surface area contributed by atoms with Crippen LogP contribution in [0.4, 0.5) is 11.4 Å². The van der Waals surface area contributed by atoms with E-state index in [-0.39, 0.29) is 5.91 Å². The number of nitrogen functional groups attached to an aromatic ring is 1. The number of hydrogen-bond acceptors (Lipinski definition) is 3. The quantitative estimate of drug-likeness (QED) is 0.804. The molecule has 1 heterocycles. The number of amides is 1. The van der Waals surface area contributed by atoms with Crippen molar-refractivity contribution in [2.45, 2.75) is 32.1 Å². The highest BCUT2D eigenvalue weighted by molar-refractivity contribution is 6.00. The fourth-order valence-corrected chi connectivity index (χ4v) is 2.78. The summed E-state index contributed by atoms with van der Waals surface area (Å²) in [7, 11) is 0. The summed E-state index contributed by atoms with van der Waals surface area (Å²) >= 11 is 0. The maximum atomic E-state index is 11.3. The van der Waals surface area contributed by atoms with Gasteiger partial charge in [-0.25, -0.2) is 0 Å². The molecule has 0 saturated heterocycles. The normalized spacial score (nSPS) is 18.8. The third-order valence-corrected chi connectivity index (χ3v) is 3.81. The molecule has 1 aliphatic heterocycles.